The molecule has 1 fully saturated rings. The van der Waals surface area contributed by atoms with Gasteiger partial charge in [-0.3, -0.25) is 0 Å². The van der Waals surface area contributed by atoms with Crippen molar-refractivity contribution in [1.29, 1.82) is 0 Å². The maximum absolute atomic E-state index is 13.8. The molecule has 3 rings (SSSR count). The molecular weight excluding hydrogens is 323 g/mol. The zero-order chi connectivity index (χ0) is 14.3. The van der Waals surface area contributed by atoms with E-state index in [0.717, 1.165) is 15.6 Å². The molecule has 0 radical (unpaired) electrons. The molecule has 0 unspecified atom stereocenters. The number of halogens is 2. The lowest BCUT2D eigenvalue weighted by molar-refractivity contribution is 0.137. The van der Waals surface area contributed by atoms with Crippen molar-refractivity contribution in [2.75, 3.05) is 0 Å². The molecule has 1 aliphatic rings. The molecule has 104 valence electrons. The molecule has 1 saturated heterocycles. The van der Waals surface area contributed by atoms with Gasteiger partial charge in [-0.25, -0.2) is 4.39 Å². The number of aliphatic hydroxyl groups excluding tert-OH is 1. The summed E-state index contributed by atoms with van der Waals surface area (Å²) in [5.74, 6) is -0.309. The molecule has 2 aromatic carbocycles. The van der Waals surface area contributed by atoms with Crippen LogP contribution in [0.2, 0.25) is 0 Å². The van der Waals surface area contributed by atoms with E-state index in [9.17, 15) is 9.50 Å². The van der Waals surface area contributed by atoms with Crippen LogP contribution < -0.4 is 0 Å². The van der Waals surface area contributed by atoms with Gasteiger partial charge in [0.25, 0.3) is 0 Å². The first-order valence-electron chi connectivity index (χ1n) is 6.41. The molecule has 0 aromatic heterocycles. The Bertz CT molecular complexity index is 627. The van der Waals surface area contributed by atoms with Crippen LogP contribution in [0.25, 0.3) is 0 Å². The summed E-state index contributed by atoms with van der Waals surface area (Å²) in [6.45, 7) is 1.99. The summed E-state index contributed by atoms with van der Waals surface area (Å²) >= 11 is 3.32. The van der Waals surface area contributed by atoms with Gasteiger partial charge in [0, 0.05) is 10.0 Å². The van der Waals surface area contributed by atoms with E-state index in [1.807, 2.05) is 31.2 Å². The summed E-state index contributed by atoms with van der Waals surface area (Å²) in [7, 11) is 0. The molecule has 0 spiro atoms. The number of hydrogen-bond donors (Lipinski definition) is 1. The minimum Gasteiger partial charge on any atom is -0.386 e. The van der Waals surface area contributed by atoms with E-state index in [4.69, 9.17) is 4.74 Å². The monoisotopic (exact) mass is 336 g/mol. The second-order valence-electron chi connectivity index (χ2n) is 5.04. The SMILES string of the molecule is Cc1ccc([C@@H](O)[C@H]2O[C@@H]2c2cc(Br)ccc2F)cc1. The van der Waals surface area contributed by atoms with Crippen LogP contribution in [0.3, 0.4) is 0 Å². The highest BCUT2D eigenvalue weighted by Gasteiger charge is 2.47. The lowest BCUT2D eigenvalue weighted by Gasteiger charge is -2.08. The zero-order valence-electron chi connectivity index (χ0n) is 10.9. The third-order valence-electron chi connectivity index (χ3n) is 3.52. The summed E-state index contributed by atoms with van der Waals surface area (Å²) in [6, 6.07) is 12.4. The van der Waals surface area contributed by atoms with Crippen molar-refractivity contribution in [3.8, 4) is 0 Å². The van der Waals surface area contributed by atoms with E-state index in [2.05, 4.69) is 15.9 Å². The Labute approximate surface area is 125 Å². The Hall–Kier alpha value is -1.23. The molecular formula is C16H14BrFO2. The Morgan fingerprint density at radius 1 is 1.20 bits per heavy atom. The second-order valence-corrected chi connectivity index (χ2v) is 5.96. The van der Waals surface area contributed by atoms with Crippen LogP contribution in [0.4, 0.5) is 4.39 Å². The summed E-state index contributed by atoms with van der Waals surface area (Å²) in [5, 5.41) is 10.3. The van der Waals surface area contributed by atoms with Crippen molar-refractivity contribution >= 4 is 15.9 Å². The van der Waals surface area contributed by atoms with Crippen molar-refractivity contribution in [3.05, 3.63) is 69.4 Å². The predicted octanol–water partition coefficient (Wildman–Crippen LogP) is 4.07. The van der Waals surface area contributed by atoms with Crippen LogP contribution in [0.5, 0.6) is 0 Å². The molecule has 2 aromatic rings. The molecule has 0 saturated carbocycles. The highest BCUT2D eigenvalue weighted by atomic mass is 79.9. The number of aliphatic hydroxyl groups is 1. The molecule has 1 N–H and O–H groups in total. The molecule has 4 heteroatoms. The molecule has 0 bridgehead atoms. The zero-order valence-corrected chi connectivity index (χ0v) is 12.5. The Morgan fingerprint density at radius 3 is 2.60 bits per heavy atom. The number of hydrogen-bond acceptors (Lipinski definition) is 2. The van der Waals surface area contributed by atoms with Crippen LogP contribution in [0.1, 0.15) is 28.9 Å². The van der Waals surface area contributed by atoms with Crippen molar-refractivity contribution in [2.24, 2.45) is 0 Å². The average Bonchev–Trinajstić information content (AvgIpc) is 3.22. The van der Waals surface area contributed by atoms with E-state index >= 15 is 0 Å². The minimum atomic E-state index is -0.737. The third kappa shape index (κ3) is 2.64. The third-order valence-corrected chi connectivity index (χ3v) is 4.01. The van der Waals surface area contributed by atoms with Crippen molar-refractivity contribution in [3.63, 3.8) is 0 Å². The van der Waals surface area contributed by atoms with E-state index in [0.29, 0.717) is 5.56 Å². The molecule has 0 aliphatic carbocycles. The maximum atomic E-state index is 13.8. The number of rotatable bonds is 3. The number of epoxide rings is 1. The van der Waals surface area contributed by atoms with Gasteiger partial charge in [0.15, 0.2) is 0 Å². The first-order chi connectivity index (χ1) is 9.56. The van der Waals surface area contributed by atoms with Gasteiger partial charge >= 0.3 is 0 Å². The fourth-order valence-corrected chi connectivity index (χ4v) is 2.68. The molecule has 20 heavy (non-hydrogen) atoms. The fourth-order valence-electron chi connectivity index (χ4n) is 2.30. The van der Waals surface area contributed by atoms with Gasteiger partial charge in [0.2, 0.25) is 0 Å². The van der Waals surface area contributed by atoms with Crippen LogP contribution in [-0.2, 0) is 4.74 Å². The van der Waals surface area contributed by atoms with Crippen molar-refractivity contribution in [1.82, 2.24) is 0 Å². The standard InChI is InChI=1S/C16H14BrFO2/c1-9-2-4-10(5-3-9)14(19)16-15(20-16)12-8-11(17)6-7-13(12)18/h2-8,14-16,19H,1H3/t14-,15-,16-/m1/s1. The summed E-state index contributed by atoms with van der Waals surface area (Å²) in [6.07, 6.45) is -1.51. The smallest absolute Gasteiger partial charge is 0.129 e. The fraction of sp³-hybridized carbons (Fsp3) is 0.250. The van der Waals surface area contributed by atoms with Gasteiger partial charge < -0.3 is 9.84 Å². The number of benzene rings is 2. The van der Waals surface area contributed by atoms with E-state index in [1.165, 1.54) is 6.07 Å². The maximum Gasteiger partial charge on any atom is 0.129 e. The second kappa shape index (κ2) is 5.28. The first-order valence-corrected chi connectivity index (χ1v) is 7.20. The van der Waals surface area contributed by atoms with Crippen molar-refractivity contribution in [2.45, 2.75) is 25.2 Å². The highest BCUT2D eigenvalue weighted by Crippen LogP contribution is 2.47. The van der Waals surface area contributed by atoms with Crippen LogP contribution >= 0.6 is 15.9 Å². The Morgan fingerprint density at radius 2 is 1.90 bits per heavy atom. The Balaban J connectivity index is 1.78. The lowest BCUT2D eigenvalue weighted by Crippen LogP contribution is -2.06. The quantitative estimate of drug-likeness (QED) is 0.857. The summed E-state index contributed by atoms with van der Waals surface area (Å²) < 4.78 is 20.0. The number of aryl methyl sites for hydroxylation is 1. The van der Waals surface area contributed by atoms with Crippen LogP contribution in [0, 0.1) is 12.7 Å². The molecule has 2 nitrogen and oxygen atoms in total. The summed E-state index contributed by atoms with van der Waals surface area (Å²) in [4.78, 5) is 0. The summed E-state index contributed by atoms with van der Waals surface area (Å²) in [5.41, 5.74) is 2.40. The topological polar surface area (TPSA) is 32.8 Å². The van der Waals surface area contributed by atoms with Crippen LogP contribution in [-0.4, -0.2) is 11.2 Å². The highest BCUT2D eigenvalue weighted by molar-refractivity contribution is 9.10. The van der Waals surface area contributed by atoms with Crippen LogP contribution in [0.15, 0.2) is 46.9 Å². The van der Waals surface area contributed by atoms with Gasteiger partial charge in [-0.05, 0) is 30.7 Å². The largest absolute Gasteiger partial charge is 0.386 e. The van der Waals surface area contributed by atoms with E-state index in [1.54, 1.807) is 12.1 Å². The first kappa shape index (κ1) is 13.7. The van der Waals surface area contributed by atoms with E-state index in [-0.39, 0.29) is 18.0 Å². The molecule has 1 aliphatic heterocycles. The molecule has 0 amide bonds. The van der Waals surface area contributed by atoms with Crippen molar-refractivity contribution < 1.29 is 14.2 Å². The molecule has 1 heterocycles. The van der Waals surface area contributed by atoms with Gasteiger partial charge in [-0.15, -0.1) is 0 Å². The van der Waals surface area contributed by atoms with E-state index < -0.39 is 6.10 Å². The minimum absolute atomic E-state index is 0.309. The average molecular weight is 337 g/mol. The predicted molar refractivity (Wildman–Crippen MR) is 77.9 cm³/mol. The lowest BCUT2D eigenvalue weighted by atomic mass is 10.0. The normalized spacial score (nSPS) is 22.6. The Kier molecular flexibility index (Phi) is 3.63. The number of ether oxygens (including phenoxy) is 1. The van der Waals surface area contributed by atoms with Gasteiger partial charge in [-0.1, -0.05) is 45.8 Å². The van der Waals surface area contributed by atoms with Gasteiger partial charge in [0.05, 0.1) is 0 Å². The molecule has 3 atom stereocenters. The van der Waals surface area contributed by atoms with Gasteiger partial charge in [0.1, 0.15) is 24.1 Å². The van der Waals surface area contributed by atoms with Gasteiger partial charge in [-0.2, -0.15) is 0 Å².